The molecule has 1 heterocycles. The van der Waals surface area contributed by atoms with Crippen LogP contribution in [0.15, 0.2) is 54.0 Å². The summed E-state index contributed by atoms with van der Waals surface area (Å²) in [7, 11) is 1.49. The minimum absolute atomic E-state index is 0.0843. The first-order valence-corrected chi connectivity index (χ1v) is 7.96. The standard InChI is InChI=1S/C15H16N2O2.2C2H6/c1-3-11(15(18)10-19-2)8-9-14-12-6-4-5-7-13(12)16-17-14;2*1-2/h3-10,18H,1-2H3,(H,16,17);2*1-2H3/b9-8+,11-3-,15-10+;;. The van der Waals surface area contributed by atoms with Gasteiger partial charge in [0.25, 0.3) is 0 Å². The van der Waals surface area contributed by atoms with Gasteiger partial charge in [0.05, 0.1) is 18.3 Å². The predicted molar refractivity (Wildman–Crippen MR) is 99.3 cm³/mol. The van der Waals surface area contributed by atoms with Crippen molar-refractivity contribution in [3.05, 3.63) is 59.7 Å². The lowest BCUT2D eigenvalue weighted by Crippen LogP contribution is -1.86. The average Bonchev–Trinajstić information content (AvgIpc) is 3.03. The highest BCUT2D eigenvalue weighted by molar-refractivity contribution is 5.86. The van der Waals surface area contributed by atoms with E-state index >= 15 is 0 Å². The van der Waals surface area contributed by atoms with Gasteiger partial charge >= 0.3 is 0 Å². The molecule has 4 nitrogen and oxygen atoms in total. The summed E-state index contributed by atoms with van der Waals surface area (Å²) in [5.74, 6) is 0.0843. The molecule has 0 radical (unpaired) electrons. The van der Waals surface area contributed by atoms with E-state index in [1.54, 1.807) is 12.2 Å². The van der Waals surface area contributed by atoms with Gasteiger partial charge in [-0.25, -0.2) is 0 Å². The van der Waals surface area contributed by atoms with Crippen molar-refractivity contribution in [2.45, 2.75) is 34.6 Å². The minimum atomic E-state index is 0.0843. The Hall–Kier alpha value is -2.49. The van der Waals surface area contributed by atoms with Crippen LogP contribution in [0, 0.1) is 0 Å². The van der Waals surface area contributed by atoms with E-state index in [4.69, 9.17) is 4.74 Å². The molecule has 0 saturated carbocycles. The number of aliphatic hydroxyl groups excluding tert-OH is 1. The Morgan fingerprint density at radius 2 is 1.83 bits per heavy atom. The summed E-state index contributed by atoms with van der Waals surface area (Å²) in [5, 5.41) is 18.0. The number of rotatable bonds is 4. The molecule has 1 aromatic heterocycles. The van der Waals surface area contributed by atoms with Crippen LogP contribution < -0.4 is 0 Å². The third kappa shape index (κ3) is 6.02. The van der Waals surface area contributed by atoms with Gasteiger partial charge in [-0.05, 0) is 25.1 Å². The van der Waals surface area contributed by atoms with Gasteiger partial charge in [-0.15, -0.1) is 0 Å². The first kappa shape index (κ1) is 20.5. The molecule has 2 rings (SSSR count). The fourth-order valence-electron chi connectivity index (χ4n) is 1.79. The number of ether oxygens (including phenoxy) is 1. The minimum Gasteiger partial charge on any atom is -0.504 e. The lowest BCUT2D eigenvalue weighted by molar-refractivity contribution is 0.303. The van der Waals surface area contributed by atoms with Crippen LogP contribution in [0.5, 0.6) is 0 Å². The zero-order valence-electron chi connectivity index (χ0n) is 14.9. The molecule has 4 heteroatoms. The second kappa shape index (κ2) is 12.1. The molecular formula is C19H28N2O2. The number of aliphatic hydroxyl groups is 1. The van der Waals surface area contributed by atoms with Crippen LogP contribution in [0.4, 0.5) is 0 Å². The van der Waals surface area contributed by atoms with Gasteiger partial charge in [-0.3, -0.25) is 5.10 Å². The Kier molecular flexibility index (Phi) is 10.8. The fourth-order valence-corrected chi connectivity index (χ4v) is 1.79. The van der Waals surface area contributed by atoms with Crippen molar-refractivity contribution < 1.29 is 9.84 Å². The highest BCUT2D eigenvalue weighted by Gasteiger charge is 2.02. The van der Waals surface area contributed by atoms with Gasteiger partial charge < -0.3 is 9.84 Å². The van der Waals surface area contributed by atoms with Gasteiger partial charge in [0.2, 0.25) is 0 Å². The number of allylic oxidation sites excluding steroid dienone is 2. The molecular weight excluding hydrogens is 288 g/mol. The highest BCUT2D eigenvalue weighted by atomic mass is 16.5. The molecule has 23 heavy (non-hydrogen) atoms. The molecule has 0 spiro atoms. The summed E-state index contributed by atoms with van der Waals surface area (Å²) in [5.41, 5.74) is 2.50. The molecule has 0 amide bonds. The van der Waals surface area contributed by atoms with E-state index < -0.39 is 0 Å². The third-order valence-electron chi connectivity index (χ3n) is 2.76. The van der Waals surface area contributed by atoms with Crippen molar-refractivity contribution in [2.24, 2.45) is 0 Å². The smallest absolute Gasteiger partial charge is 0.156 e. The summed E-state index contributed by atoms with van der Waals surface area (Å²) in [6.07, 6.45) is 6.75. The van der Waals surface area contributed by atoms with Crippen LogP contribution >= 0.6 is 0 Å². The second-order valence-corrected chi connectivity index (χ2v) is 3.97. The molecule has 126 valence electrons. The van der Waals surface area contributed by atoms with Gasteiger partial charge in [0.1, 0.15) is 6.26 Å². The van der Waals surface area contributed by atoms with E-state index in [1.165, 1.54) is 13.4 Å². The maximum atomic E-state index is 9.74. The van der Waals surface area contributed by atoms with E-state index in [9.17, 15) is 5.11 Å². The lowest BCUT2D eigenvalue weighted by Gasteiger charge is -1.99. The number of nitrogens with zero attached hydrogens (tertiary/aromatic N) is 1. The molecule has 2 N–H and O–H groups in total. The quantitative estimate of drug-likeness (QED) is 0.568. The van der Waals surface area contributed by atoms with Crippen molar-refractivity contribution in [3.8, 4) is 0 Å². The summed E-state index contributed by atoms with van der Waals surface area (Å²) in [6.45, 7) is 9.85. The molecule has 0 atom stereocenters. The SMILES string of the molecule is C/C=C(/C=C/c1n[nH]c2ccccc12)C(\O)=C/OC.CC.CC. The van der Waals surface area contributed by atoms with Gasteiger partial charge in [0.15, 0.2) is 5.76 Å². The van der Waals surface area contributed by atoms with Crippen LogP contribution in [0.3, 0.4) is 0 Å². The number of aromatic amines is 1. The summed E-state index contributed by atoms with van der Waals surface area (Å²) in [4.78, 5) is 0. The van der Waals surface area contributed by atoms with Gasteiger partial charge in [0, 0.05) is 11.0 Å². The van der Waals surface area contributed by atoms with E-state index in [1.807, 2.05) is 65.0 Å². The Labute approximate surface area is 139 Å². The summed E-state index contributed by atoms with van der Waals surface area (Å²) in [6, 6.07) is 7.89. The number of fused-ring (bicyclic) bond motifs is 1. The number of hydrogen-bond acceptors (Lipinski definition) is 3. The van der Waals surface area contributed by atoms with Crippen LogP contribution in [0.1, 0.15) is 40.3 Å². The normalized spacial score (nSPS) is 11.6. The second-order valence-electron chi connectivity index (χ2n) is 3.97. The first-order valence-electron chi connectivity index (χ1n) is 7.96. The largest absolute Gasteiger partial charge is 0.504 e. The Bertz CT molecular complexity index is 652. The van der Waals surface area contributed by atoms with Gasteiger partial charge in [-0.2, -0.15) is 5.10 Å². The number of methoxy groups -OCH3 is 1. The van der Waals surface area contributed by atoms with Crippen molar-refractivity contribution >= 4 is 17.0 Å². The fraction of sp³-hybridized carbons (Fsp3) is 0.316. The van der Waals surface area contributed by atoms with Crippen molar-refractivity contribution in [2.75, 3.05) is 7.11 Å². The zero-order chi connectivity index (χ0) is 17.7. The number of hydrogen-bond donors (Lipinski definition) is 2. The molecule has 0 bridgehead atoms. The maximum Gasteiger partial charge on any atom is 0.156 e. The number of benzene rings is 1. The molecule has 0 unspecified atom stereocenters. The molecule has 0 aliphatic rings. The first-order chi connectivity index (χ1) is 11.3. The summed E-state index contributed by atoms with van der Waals surface area (Å²) >= 11 is 0. The number of H-pyrrole nitrogens is 1. The van der Waals surface area contributed by atoms with Crippen LogP contribution in [-0.4, -0.2) is 22.4 Å². The highest BCUT2D eigenvalue weighted by Crippen LogP contribution is 2.18. The van der Waals surface area contributed by atoms with E-state index in [2.05, 4.69) is 10.2 Å². The van der Waals surface area contributed by atoms with Crippen LogP contribution in [0.25, 0.3) is 17.0 Å². The monoisotopic (exact) mass is 316 g/mol. The van der Waals surface area contributed by atoms with Crippen molar-refractivity contribution in [1.82, 2.24) is 10.2 Å². The van der Waals surface area contributed by atoms with Crippen molar-refractivity contribution in [3.63, 3.8) is 0 Å². The predicted octanol–water partition coefficient (Wildman–Crippen LogP) is 5.62. The molecule has 0 aliphatic carbocycles. The number of aromatic nitrogens is 2. The number of nitrogens with one attached hydrogen (secondary N) is 1. The molecule has 0 saturated heterocycles. The molecule has 0 aliphatic heterocycles. The van der Waals surface area contributed by atoms with Crippen molar-refractivity contribution in [1.29, 1.82) is 0 Å². The number of para-hydroxylation sites is 1. The summed E-state index contributed by atoms with van der Waals surface area (Å²) < 4.78 is 4.79. The Morgan fingerprint density at radius 1 is 1.17 bits per heavy atom. The zero-order valence-corrected chi connectivity index (χ0v) is 14.9. The Morgan fingerprint density at radius 3 is 2.43 bits per heavy atom. The van der Waals surface area contributed by atoms with Crippen LogP contribution in [0.2, 0.25) is 0 Å². The van der Waals surface area contributed by atoms with E-state index in [0.717, 1.165) is 16.6 Å². The molecule has 1 aromatic carbocycles. The lowest BCUT2D eigenvalue weighted by atomic mass is 10.1. The molecule has 2 aromatic rings. The van der Waals surface area contributed by atoms with Crippen LogP contribution in [-0.2, 0) is 4.74 Å². The van der Waals surface area contributed by atoms with Gasteiger partial charge in [-0.1, -0.05) is 52.0 Å². The molecule has 0 fully saturated rings. The average molecular weight is 316 g/mol. The maximum absolute atomic E-state index is 9.74. The third-order valence-corrected chi connectivity index (χ3v) is 2.76. The van der Waals surface area contributed by atoms with E-state index in [0.29, 0.717) is 5.57 Å². The topological polar surface area (TPSA) is 58.1 Å². The van der Waals surface area contributed by atoms with E-state index in [-0.39, 0.29) is 5.76 Å². The Balaban J connectivity index is 0.00000112.